The van der Waals surface area contributed by atoms with Crippen molar-refractivity contribution >= 4 is 5.91 Å². The molecular formula is C15H23N3O. The van der Waals surface area contributed by atoms with Crippen molar-refractivity contribution in [2.24, 2.45) is 5.73 Å². The summed E-state index contributed by atoms with van der Waals surface area (Å²) < 4.78 is 0. The molecule has 0 aliphatic heterocycles. The molecule has 1 aliphatic carbocycles. The third kappa shape index (κ3) is 3.32. The third-order valence-electron chi connectivity index (χ3n) is 3.90. The van der Waals surface area contributed by atoms with E-state index < -0.39 is 0 Å². The van der Waals surface area contributed by atoms with Gasteiger partial charge in [0.05, 0.1) is 0 Å². The number of hydrogen-bond acceptors (Lipinski definition) is 3. The molecule has 4 nitrogen and oxygen atoms in total. The molecule has 1 aromatic heterocycles. The zero-order valence-electron chi connectivity index (χ0n) is 11.6. The van der Waals surface area contributed by atoms with Crippen molar-refractivity contribution in [1.29, 1.82) is 0 Å². The smallest absolute Gasteiger partial charge is 0.272 e. The second-order valence-electron chi connectivity index (χ2n) is 5.14. The highest BCUT2D eigenvalue weighted by molar-refractivity contribution is 5.92. The van der Waals surface area contributed by atoms with Gasteiger partial charge in [-0.1, -0.05) is 25.3 Å². The minimum absolute atomic E-state index is 0.0537. The molecule has 4 heteroatoms. The highest BCUT2D eigenvalue weighted by Gasteiger charge is 2.25. The average Bonchev–Trinajstić information content (AvgIpc) is 2.49. The number of hydrogen-bond donors (Lipinski definition) is 1. The van der Waals surface area contributed by atoms with Crippen LogP contribution in [-0.4, -0.2) is 28.4 Å². The van der Waals surface area contributed by atoms with Gasteiger partial charge in [-0.2, -0.15) is 0 Å². The van der Waals surface area contributed by atoms with Crippen molar-refractivity contribution < 1.29 is 4.79 Å². The van der Waals surface area contributed by atoms with E-state index in [9.17, 15) is 4.79 Å². The lowest BCUT2D eigenvalue weighted by atomic mass is 9.94. The van der Waals surface area contributed by atoms with Crippen LogP contribution in [0.25, 0.3) is 0 Å². The number of nitrogens with two attached hydrogens (primary N) is 1. The van der Waals surface area contributed by atoms with E-state index in [0.29, 0.717) is 18.3 Å². The first-order chi connectivity index (χ1) is 9.26. The maximum atomic E-state index is 12.5. The van der Waals surface area contributed by atoms with Crippen molar-refractivity contribution in [2.75, 3.05) is 6.54 Å². The summed E-state index contributed by atoms with van der Waals surface area (Å²) in [6, 6.07) is 4.06. The topological polar surface area (TPSA) is 59.2 Å². The number of carbonyl (C=O) groups is 1. The van der Waals surface area contributed by atoms with Gasteiger partial charge < -0.3 is 10.6 Å². The normalized spacial score (nSPS) is 16.3. The van der Waals surface area contributed by atoms with Gasteiger partial charge in [-0.05, 0) is 31.4 Å². The van der Waals surface area contributed by atoms with E-state index >= 15 is 0 Å². The Hall–Kier alpha value is -1.42. The third-order valence-corrected chi connectivity index (χ3v) is 3.90. The molecule has 19 heavy (non-hydrogen) atoms. The molecule has 0 aromatic carbocycles. The van der Waals surface area contributed by atoms with Gasteiger partial charge >= 0.3 is 0 Å². The Balaban J connectivity index is 2.10. The quantitative estimate of drug-likeness (QED) is 0.905. The summed E-state index contributed by atoms with van der Waals surface area (Å²) in [6.45, 7) is 3.26. The fourth-order valence-electron chi connectivity index (χ4n) is 2.78. The average molecular weight is 261 g/mol. The van der Waals surface area contributed by atoms with Gasteiger partial charge in [-0.3, -0.25) is 9.78 Å². The minimum Gasteiger partial charge on any atom is -0.335 e. The maximum absolute atomic E-state index is 12.5. The zero-order valence-corrected chi connectivity index (χ0v) is 11.6. The first-order valence-corrected chi connectivity index (χ1v) is 7.22. The number of aromatic nitrogens is 1. The maximum Gasteiger partial charge on any atom is 0.272 e. The van der Waals surface area contributed by atoms with Crippen LogP contribution < -0.4 is 5.73 Å². The lowest BCUT2D eigenvalue weighted by Crippen LogP contribution is -2.41. The monoisotopic (exact) mass is 261 g/mol. The molecule has 1 aliphatic rings. The van der Waals surface area contributed by atoms with Gasteiger partial charge in [0.15, 0.2) is 0 Å². The number of nitrogens with zero attached hydrogens (tertiary/aromatic N) is 2. The largest absolute Gasteiger partial charge is 0.335 e. The summed E-state index contributed by atoms with van der Waals surface area (Å²) in [5.41, 5.74) is 7.03. The molecule has 0 unspecified atom stereocenters. The van der Waals surface area contributed by atoms with Gasteiger partial charge in [0, 0.05) is 25.3 Å². The van der Waals surface area contributed by atoms with Gasteiger partial charge in [0.2, 0.25) is 0 Å². The van der Waals surface area contributed by atoms with Gasteiger partial charge in [0.25, 0.3) is 5.91 Å². The zero-order chi connectivity index (χ0) is 13.7. The predicted molar refractivity (Wildman–Crippen MR) is 75.7 cm³/mol. The molecule has 0 atom stereocenters. The van der Waals surface area contributed by atoms with Crippen LogP contribution in [-0.2, 0) is 6.54 Å². The van der Waals surface area contributed by atoms with E-state index in [2.05, 4.69) is 4.98 Å². The second kappa shape index (κ2) is 6.66. The second-order valence-corrected chi connectivity index (χ2v) is 5.14. The lowest BCUT2D eigenvalue weighted by molar-refractivity contribution is 0.0642. The molecule has 2 rings (SSSR count). The molecule has 0 saturated heterocycles. The van der Waals surface area contributed by atoms with Crippen molar-refractivity contribution in [1.82, 2.24) is 9.88 Å². The van der Waals surface area contributed by atoms with E-state index in [-0.39, 0.29) is 5.91 Å². The van der Waals surface area contributed by atoms with Crippen LogP contribution >= 0.6 is 0 Å². The van der Waals surface area contributed by atoms with Crippen LogP contribution in [0.15, 0.2) is 18.3 Å². The number of amides is 1. The number of pyridine rings is 1. The lowest BCUT2D eigenvalue weighted by Gasteiger charge is -2.33. The first-order valence-electron chi connectivity index (χ1n) is 7.22. The molecule has 104 valence electrons. The van der Waals surface area contributed by atoms with E-state index in [4.69, 9.17) is 5.73 Å². The van der Waals surface area contributed by atoms with E-state index in [1.54, 1.807) is 12.3 Å². The van der Waals surface area contributed by atoms with Crippen LogP contribution in [0.5, 0.6) is 0 Å². The number of carbonyl (C=O) groups excluding carboxylic acids is 1. The molecule has 1 fully saturated rings. The molecule has 1 heterocycles. The molecule has 1 amide bonds. The fourth-order valence-corrected chi connectivity index (χ4v) is 2.78. The molecule has 1 aromatic rings. The van der Waals surface area contributed by atoms with Crippen molar-refractivity contribution in [2.45, 2.75) is 51.6 Å². The summed E-state index contributed by atoms with van der Waals surface area (Å²) in [4.78, 5) is 18.7. The predicted octanol–water partition coefficient (Wildman–Crippen LogP) is 2.34. The molecule has 0 bridgehead atoms. The van der Waals surface area contributed by atoms with Crippen molar-refractivity contribution in [3.63, 3.8) is 0 Å². The van der Waals surface area contributed by atoms with Gasteiger partial charge in [0.1, 0.15) is 5.69 Å². The number of rotatable bonds is 4. The summed E-state index contributed by atoms with van der Waals surface area (Å²) in [5.74, 6) is 0.0537. The van der Waals surface area contributed by atoms with Crippen LogP contribution in [0, 0.1) is 0 Å². The Morgan fingerprint density at radius 2 is 2.11 bits per heavy atom. The Morgan fingerprint density at radius 1 is 1.37 bits per heavy atom. The molecule has 0 radical (unpaired) electrons. The van der Waals surface area contributed by atoms with Crippen LogP contribution in [0.4, 0.5) is 0 Å². The van der Waals surface area contributed by atoms with E-state index in [1.165, 1.54) is 19.3 Å². The Bertz CT molecular complexity index is 410. The summed E-state index contributed by atoms with van der Waals surface area (Å²) >= 11 is 0. The van der Waals surface area contributed by atoms with Crippen LogP contribution in [0.1, 0.15) is 55.1 Å². The Kier molecular flexibility index (Phi) is 4.91. The first kappa shape index (κ1) is 14.0. The minimum atomic E-state index is 0.0537. The van der Waals surface area contributed by atoms with Crippen LogP contribution in [0.2, 0.25) is 0 Å². The van der Waals surface area contributed by atoms with Crippen LogP contribution in [0.3, 0.4) is 0 Å². The fraction of sp³-hybridized carbons (Fsp3) is 0.600. The van der Waals surface area contributed by atoms with E-state index in [1.807, 2.05) is 17.9 Å². The van der Waals surface area contributed by atoms with Gasteiger partial charge in [-0.25, -0.2) is 0 Å². The van der Waals surface area contributed by atoms with Crippen molar-refractivity contribution in [3.05, 3.63) is 29.6 Å². The molecular weight excluding hydrogens is 238 g/mol. The Labute approximate surface area is 115 Å². The van der Waals surface area contributed by atoms with E-state index in [0.717, 1.165) is 24.9 Å². The summed E-state index contributed by atoms with van der Waals surface area (Å²) in [5, 5.41) is 0. The molecule has 0 spiro atoms. The molecule has 2 N–H and O–H groups in total. The van der Waals surface area contributed by atoms with Gasteiger partial charge in [-0.15, -0.1) is 0 Å². The Morgan fingerprint density at radius 3 is 2.63 bits per heavy atom. The molecule has 1 saturated carbocycles. The SMILES string of the molecule is CCN(C(=O)c1ccc(CN)cn1)C1CCCCC1. The van der Waals surface area contributed by atoms with Crippen molar-refractivity contribution in [3.8, 4) is 0 Å². The summed E-state index contributed by atoms with van der Waals surface area (Å²) in [6.07, 6.45) is 7.70. The highest BCUT2D eigenvalue weighted by atomic mass is 16.2. The standard InChI is InChI=1S/C15H23N3O/c1-2-18(13-6-4-3-5-7-13)15(19)14-9-8-12(10-16)11-17-14/h8-9,11,13H,2-7,10,16H2,1H3. The highest BCUT2D eigenvalue weighted by Crippen LogP contribution is 2.23. The summed E-state index contributed by atoms with van der Waals surface area (Å²) in [7, 11) is 0.